The summed E-state index contributed by atoms with van der Waals surface area (Å²) in [5, 5.41) is 18.9. The first-order valence-corrected chi connectivity index (χ1v) is 4.58. The van der Waals surface area contributed by atoms with E-state index in [2.05, 4.69) is 10.2 Å². The third-order valence-corrected chi connectivity index (χ3v) is 1.87. The van der Waals surface area contributed by atoms with Gasteiger partial charge in [-0.3, -0.25) is 0 Å². The fourth-order valence-corrected chi connectivity index (χ4v) is 1.12. The van der Waals surface area contributed by atoms with Crippen LogP contribution in [0.25, 0.3) is 0 Å². The summed E-state index contributed by atoms with van der Waals surface area (Å²) >= 11 is 0. The van der Waals surface area contributed by atoms with E-state index >= 15 is 0 Å². The molecule has 0 aliphatic heterocycles. The SMILES string of the molecule is [Na+].[O-]c1ccc(N=Nc2ccccc2)cc1. The number of hydrogen-bond acceptors (Lipinski definition) is 3. The maximum absolute atomic E-state index is 10.8. The molecule has 0 aliphatic carbocycles. The van der Waals surface area contributed by atoms with E-state index < -0.39 is 0 Å². The normalized spacial score (nSPS) is 10.0. The second-order valence-electron chi connectivity index (χ2n) is 3.03. The fraction of sp³-hybridized carbons (Fsp3) is 0. The van der Waals surface area contributed by atoms with Crippen molar-refractivity contribution in [2.75, 3.05) is 0 Å². The molecule has 0 atom stereocenters. The topological polar surface area (TPSA) is 47.8 Å². The molecule has 0 aromatic heterocycles. The van der Waals surface area contributed by atoms with Crippen LogP contribution in [0.4, 0.5) is 11.4 Å². The van der Waals surface area contributed by atoms with Crippen molar-refractivity contribution in [1.82, 2.24) is 0 Å². The van der Waals surface area contributed by atoms with Gasteiger partial charge in [0.15, 0.2) is 0 Å². The fourth-order valence-electron chi connectivity index (χ4n) is 1.12. The quantitative estimate of drug-likeness (QED) is 0.526. The summed E-state index contributed by atoms with van der Waals surface area (Å²) < 4.78 is 0. The molecule has 0 saturated heterocycles. The van der Waals surface area contributed by atoms with Crippen LogP contribution in [-0.2, 0) is 0 Å². The minimum atomic E-state index is -0.0198. The molecule has 0 aliphatic rings. The molecular weight excluding hydrogens is 211 g/mol. The third-order valence-electron chi connectivity index (χ3n) is 1.87. The molecule has 2 aromatic carbocycles. The first kappa shape index (κ1) is 12.9. The smallest absolute Gasteiger partial charge is 0.872 e. The molecule has 4 heteroatoms. The van der Waals surface area contributed by atoms with E-state index in [0.717, 1.165) is 5.69 Å². The summed E-state index contributed by atoms with van der Waals surface area (Å²) in [5.41, 5.74) is 1.47. The average molecular weight is 220 g/mol. The van der Waals surface area contributed by atoms with Crippen molar-refractivity contribution >= 4 is 11.4 Å². The number of rotatable bonds is 2. The molecule has 2 rings (SSSR count). The summed E-state index contributed by atoms with van der Waals surface area (Å²) in [7, 11) is 0. The predicted octanol–water partition coefficient (Wildman–Crippen LogP) is 0.180. The second kappa shape index (κ2) is 6.43. The van der Waals surface area contributed by atoms with Crippen molar-refractivity contribution in [3.05, 3.63) is 54.6 Å². The molecule has 0 radical (unpaired) electrons. The molecule has 0 N–H and O–H groups in total. The zero-order chi connectivity index (χ0) is 10.5. The summed E-state index contributed by atoms with van der Waals surface area (Å²) in [6.07, 6.45) is 0. The van der Waals surface area contributed by atoms with Gasteiger partial charge in [0.25, 0.3) is 0 Å². The van der Waals surface area contributed by atoms with Gasteiger partial charge in [0.1, 0.15) is 0 Å². The van der Waals surface area contributed by atoms with Crippen molar-refractivity contribution in [3.8, 4) is 5.75 Å². The van der Waals surface area contributed by atoms with E-state index in [0.29, 0.717) is 5.69 Å². The average Bonchev–Trinajstić information content (AvgIpc) is 2.30. The van der Waals surface area contributed by atoms with Gasteiger partial charge < -0.3 is 5.11 Å². The molecule has 0 fully saturated rings. The van der Waals surface area contributed by atoms with Gasteiger partial charge in [-0.1, -0.05) is 30.3 Å². The number of nitrogens with zero attached hydrogens (tertiary/aromatic N) is 2. The maximum atomic E-state index is 10.8. The van der Waals surface area contributed by atoms with Crippen LogP contribution in [-0.4, -0.2) is 0 Å². The van der Waals surface area contributed by atoms with E-state index in [4.69, 9.17) is 0 Å². The Morgan fingerprint density at radius 1 is 0.688 bits per heavy atom. The Morgan fingerprint density at radius 2 is 1.19 bits per heavy atom. The Hall–Kier alpha value is -1.16. The van der Waals surface area contributed by atoms with Crippen LogP contribution in [0.5, 0.6) is 5.75 Å². The molecule has 3 nitrogen and oxygen atoms in total. The molecule has 16 heavy (non-hydrogen) atoms. The standard InChI is InChI=1S/C12H10N2O.Na/c15-12-8-6-11(7-9-12)14-13-10-4-2-1-3-5-10;/h1-9,15H;/q;+1/p-1. The Bertz CT molecular complexity index is 454. The van der Waals surface area contributed by atoms with Crippen LogP contribution in [0.1, 0.15) is 0 Å². The summed E-state index contributed by atoms with van der Waals surface area (Å²) in [5.74, 6) is -0.0198. The van der Waals surface area contributed by atoms with Gasteiger partial charge in [0, 0.05) is 0 Å². The Labute approximate surface area is 116 Å². The monoisotopic (exact) mass is 220 g/mol. The van der Waals surface area contributed by atoms with Crippen LogP contribution >= 0.6 is 0 Å². The second-order valence-corrected chi connectivity index (χ2v) is 3.03. The van der Waals surface area contributed by atoms with Gasteiger partial charge in [-0.25, -0.2) is 0 Å². The summed E-state index contributed by atoms with van der Waals surface area (Å²) in [6, 6.07) is 15.7. The van der Waals surface area contributed by atoms with Crippen molar-refractivity contribution in [3.63, 3.8) is 0 Å². The Balaban J connectivity index is 0.00000128. The van der Waals surface area contributed by atoms with E-state index in [1.165, 1.54) is 12.1 Å². The van der Waals surface area contributed by atoms with Crippen molar-refractivity contribution < 1.29 is 34.7 Å². The van der Waals surface area contributed by atoms with Crippen molar-refractivity contribution in [2.45, 2.75) is 0 Å². The number of hydrogen-bond donors (Lipinski definition) is 0. The molecule has 2 aromatic rings. The number of azo groups is 1. The Morgan fingerprint density at radius 3 is 1.75 bits per heavy atom. The third kappa shape index (κ3) is 3.77. The van der Waals surface area contributed by atoms with E-state index in [-0.39, 0.29) is 35.3 Å². The first-order chi connectivity index (χ1) is 7.34. The largest absolute Gasteiger partial charge is 1.00 e. The van der Waals surface area contributed by atoms with Gasteiger partial charge in [-0.15, -0.1) is 5.75 Å². The van der Waals surface area contributed by atoms with E-state index in [1.54, 1.807) is 12.1 Å². The van der Waals surface area contributed by atoms with Gasteiger partial charge >= 0.3 is 29.6 Å². The van der Waals surface area contributed by atoms with Gasteiger partial charge in [0.05, 0.1) is 11.4 Å². The summed E-state index contributed by atoms with van der Waals surface area (Å²) in [4.78, 5) is 0. The predicted molar refractivity (Wildman–Crippen MR) is 56.5 cm³/mol. The van der Waals surface area contributed by atoms with Gasteiger partial charge in [-0.05, 0) is 24.3 Å². The first-order valence-electron chi connectivity index (χ1n) is 4.58. The van der Waals surface area contributed by atoms with E-state index in [9.17, 15) is 5.11 Å². The zero-order valence-corrected chi connectivity index (χ0v) is 11.0. The molecule has 0 heterocycles. The molecule has 0 unspecified atom stereocenters. The maximum Gasteiger partial charge on any atom is 1.00 e. The van der Waals surface area contributed by atoms with Gasteiger partial charge in [0.2, 0.25) is 0 Å². The minimum Gasteiger partial charge on any atom is -0.872 e. The molecular formula is C12H9N2NaO. The summed E-state index contributed by atoms with van der Waals surface area (Å²) in [6.45, 7) is 0. The van der Waals surface area contributed by atoms with Crippen LogP contribution in [0, 0.1) is 0 Å². The minimum absolute atomic E-state index is 0. The van der Waals surface area contributed by atoms with Crippen molar-refractivity contribution in [1.29, 1.82) is 0 Å². The van der Waals surface area contributed by atoms with E-state index in [1.807, 2.05) is 30.3 Å². The van der Waals surface area contributed by atoms with Crippen LogP contribution in [0.3, 0.4) is 0 Å². The molecule has 74 valence electrons. The molecule has 0 bridgehead atoms. The van der Waals surface area contributed by atoms with Crippen LogP contribution < -0.4 is 34.7 Å². The van der Waals surface area contributed by atoms with Crippen LogP contribution in [0.2, 0.25) is 0 Å². The molecule has 0 amide bonds. The van der Waals surface area contributed by atoms with Gasteiger partial charge in [-0.2, -0.15) is 10.2 Å². The van der Waals surface area contributed by atoms with Crippen molar-refractivity contribution in [2.24, 2.45) is 10.2 Å². The molecule has 0 saturated carbocycles. The zero-order valence-electron chi connectivity index (χ0n) is 9.00. The molecule has 0 spiro atoms. The Kier molecular flexibility index (Phi) is 5.19. The number of benzene rings is 2. The van der Waals surface area contributed by atoms with Crippen LogP contribution in [0.15, 0.2) is 64.8 Å².